The highest BCUT2D eigenvalue weighted by molar-refractivity contribution is 9.10. The van der Waals surface area contributed by atoms with Crippen LogP contribution >= 0.6 is 15.9 Å². The molecule has 0 aromatic heterocycles. The van der Waals surface area contributed by atoms with Gasteiger partial charge in [-0.2, -0.15) is 0 Å². The van der Waals surface area contributed by atoms with E-state index in [2.05, 4.69) is 27.4 Å². The van der Waals surface area contributed by atoms with Gasteiger partial charge >= 0.3 is 0 Å². The third-order valence-corrected chi connectivity index (χ3v) is 3.55. The van der Waals surface area contributed by atoms with Crippen molar-refractivity contribution in [2.24, 2.45) is 5.84 Å². The summed E-state index contributed by atoms with van der Waals surface area (Å²) in [5, 5.41) is 0. The fourth-order valence-electron chi connectivity index (χ4n) is 2.12. The van der Waals surface area contributed by atoms with E-state index >= 15 is 0 Å². The van der Waals surface area contributed by atoms with Crippen LogP contribution in [0.4, 0.5) is 4.39 Å². The molecule has 3 N–H and O–H groups in total. The maximum atomic E-state index is 13.9. The highest BCUT2D eigenvalue weighted by Crippen LogP contribution is 2.23. The molecular weight excluding hydrogens is 307 g/mol. The van der Waals surface area contributed by atoms with Crippen LogP contribution < -0.4 is 11.3 Å². The number of hydrogen-bond donors (Lipinski definition) is 2. The Morgan fingerprint density at radius 1 is 1.26 bits per heavy atom. The first-order valence-corrected chi connectivity index (χ1v) is 6.86. The van der Waals surface area contributed by atoms with Gasteiger partial charge in [-0.25, -0.2) is 4.39 Å². The Bertz CT molecular complexity index is 572. The number of halogens is 2. The minimum atomic E-state index is -0.259. The van der Waals surface area contributed by atoms with E-state index in [1.807, 2.05) is 31.2 Å². The molecule has 2 aromatic rings. The van der Waals surface area contributed by atoms with Crippen LogP contribution in [0, 0.1) is 12.7 Å². The number of nitrogens with one attached hydrogen (secondary N) is 1. The van der Waals surface area contributed by atoms with Crippen molar-refractivity contribution in [3.63, 3.8) is 0 Å². The first-order valence-electron chi connectivity index (χ1n) is 6.07. The third kappa shape index (κ3) is 3.62. The standard InChI is InChI=1S/C15H16BrFN2/c1-10-3-2-4-11(7-10)8-15(19-18)13-6-5-12(16)9-14(13)17/h2-7,9,15,19H,8,18H2,1H3. The van der Waals surface area contributed by atoms with E-state index in [9.17, 15) is 4.39 Å². The summed E-state index contributed by atoms with van der Waals surface area (Å²) in [6.45, 7) is 2.04. The number of nitrogens with two attached hydrogens (primary N) is 1. The van der Waals surface area contributed by atoms with Gasteiger partial charge in [0.25, 0.3) is 0 Å². The molecule has 2 aromatic carbocycles. The molecule has 2 rings (SSSR count). The van der Waals surface area contributed by atoms with Crippen molar-refractivity contribution < 1.29 is 4.39 Å². The van der Waals surface area contributed by atoms with Gasteiger partial charge in [0.05, 0.1) is 6.04 Å². The Labute approximate surface area is 120 Å². The van der Waals surface area contributed by atoms with E-state index in [1.165, 1.54) is 11.6 Å². The second-order valence-corrected chi connectivity index (χ2v) is 5.49. The van der Waals surface area contributed by atoms with Crippen LogP contribution in [0.5, 0.6) is 0 Å². The lowest BCUT2D eigenvalue weighted by Gasteiger charge is -2.17. The van der Waals surface area contributed by atoms with Gasteiger partial charge in [-0.05, 0) is 31.0 Å². The van der Waals surface area contributed by atoms with Gasteiger partial charge in [-0.1, -0.05) is 51.8 Å². The van der Waals surface area contributed by atoms with E-state index in [4.69, 9.17) is 5.84 Å². The predicted octanol–water partition coefficient (Wildman–Crippen LogP) is 3.64. The van der Waals surface area contributed by atoms with Crippen molar-refractivity contribution in [1.29, 1.82) is 0 Å². The lowest BCUT2D eigenvalue weighted by molar-refractivity contribution is 0.510. The molecule has 100 valence electrons. The van der Waals surface area contributed by atoms with Crippen LogP contribution in [-0.4, -0.2) is 0 Å². The summed E-state index contributed by atoms with van der Waals surface area (Å²) >= 11 is 3.25. The topological polar surface area (TPSA) is 38.0 Å². The molecule has 0 saturated heterocycles. The maximum absolute atomic E-state index is 13.9. The Kier molecular flexibility index (Phi) is 4.69. The molecule has 19 heavy (non-hydrogen) atoms. The SMILES string of the molecule is Cc1cccc(CC(NN)c2ccc(Br)cc2F)c1. The van der Waals surface area contributed by atoms with Crippen molar-refractivity contribution in [1.82, 2.24) is 5.43 Å². The molecule has 0 spiro atoms. The summed E-state index contributed by atoms with van der Waals surface area (Å²) in [6, 6.07) is 12.9. The predicted molar refractivity (Wildman–Crippen MR) is 79.0 cm³/mol. The van der Waals surface area contributed by atoms with Crippen molar-refractivity contribution >= 4 is 15.9 Å². The van der Waals surface area contributed by atoms with Gasteiger partial charge in [0.1, 0.15) is 5.82 Å². The fourth-order valence-corrected chi connectivity index (χ4v) is 2.45. The Hall–Kier alpha value is -1.23. The van der Waals surface area contributed by atoms with Crippen LogP contribution in [0.3, 0.4) is 0 Å². The second kappa shape index (κ2) is 6.28. The minimum Gasteiger partial charge on any atom is -0.271 e. The lowest BCUT2D eigenvalue weighted by Crippen LogP contribution is -2.30. The zero-order chi connectivity index (χ0) is 13.8. The van der Waals surface area contributed by atoms with Gasteiger partial charge in [0.15, 0.2) is 0 Å². The molecule has 1 unspecified atom stereocenters. The molecule has 0 amide bonds. The van der Waals surface area contributed by atoms with Gasteiger partial charge in [0, 0.05) is 10.0 Å². The summed E-state index contributed by atoms with van der Waals surface area (Å²) in [5.74, 6) is 5.31. The van der Waals surface area contributed by atoms with Crippen LogP contribution in [0.2, 0.25) is 0 Å². The Morgan fingerprint density at radius 3 is 2.68 bits per heavy atom. The summed E-state index contributed by atoms with van der Waals surface area (Å²) in [7, 11) is 0. The number of hydrogen-bond acceptors (Lipinski definition) is 2. The fraction of sp³-hybridized carbons (Fsp3) is 0.200. The summed E-state index contributed by atoms with van der Waals surface area (Å²) in [6.07, 6.45) is 0.650. The van der Waals surface area contributed by atoms with Gasteiger partial charge in [0.2, 0.25) is 0 Å². The summed E-state index contributed by atoms with van der Waals surface area (Å²) in [4.78, 5) is 0. The Balaban J connectivity index is 2.25. The molecule has 0 aliphatic rings. The lowest BCUT2D eigenvalue weighted by atomic mass is 9.98. The molecule has 0 radical (unpaired) electrons. The van der Waals surface area contributed by atoms with E-state index in [-0.39, 0.29) is 11.9 Å². The minimum absolute atomic E-state index is 0.241. The molecule has 4 heteroatoms. The highest BCUT2D eigenvalue weighted by atomic mass is 79.9. The molecule has 0 aliphatic carbocycles. The molecule has 0 aliphatic heterocycles. The van der Waals surface area contributed by atoms with E-state index in [0.29, 0.717) is 12.0 Å². The second-order valence-electron chi connectivity index (χ2n) is 4.58. The number of hydrazine groups is 1. The van der Waals surface area contributed by atoms with Gasteiger partial charge in [-0.3, -0.25) is 11.3 Å². The summed E-state index contributed by atoms with van der Waals surface area (Å²) < 4.78 is 14.7. The normalized spacial score (nSPS) is 12.4. The van der Waals surface area contributed by atoms with Crippen LogP contribution in [0.1, 0.15) is 22.7 Å². The average Bonchev–Trinajstić information content (AvgIpc) is 2.37. The van der Waals surface area contributed by atoms with Crippen molar-refractivity contribution in [3.05, 3.63) is 69.4 Å². The molecule has 0 bridgehead atoms. The van der Waals surface area contributed by atoms with Crippen molar-refractivity contribution in [2.45, 2.75) is 19.4 Å². The number of benzene rings is 2. The van der Waals surface area contributed by atoms with E-state index < -0.39 is 0 Å². The monoisotopic (exact) mass is 322 g/mol. The van der Waals surface area contributed by atoms with Gasteiger partial charge in [-0.15, -0.1) is 0 Å². The molecule has 0 saturated carbocycles. The highest BCUT2D eigenvalue weighted by Gasteiger charge is 2.15. The first-order chi connectivity index (χ1) is 9.10. The number of rotatable bonds is 4. The molecule has 0 heterocycles. The average molecular weight is 323 g/mol. The third-order valence-electron chi connectivity index (χ3n) is 3.06. The van der Waals surface area contributed by atoms with Crippen molar-refractivity contribution in [3.8, 4) is 0 Å². The molecular formula is C15H16BrFN2. The Morgan fingerprint density at radius 2 is 2.05 bits per heavy atom. The van der Waals surface area contributed by atoms with Crippen LogP contribution in [0.15, 0.2) is 46.9 Å². The zero-order valence-electron chi connectivity index (χ0n) is 10.7. The van der Waals surface area contributed by atoms with Crippen LogP contribution in [0.25, 0.3) is 0 Å². The van der Waals surface area contributed by atoms with Crippen molar-refractivity contribution in [2.75, 3.05) is 0 Å². The quantitative estimate of drug-likeness (QED) is 0.666. The molecule has 2 nitrogen and oxygen atoms in total. The first kappa shape index (κ1) is 14.2. The molecule has 0 fully saturated rings. The zero-order valence-corrected chi connectivity index (χ0v) is 12.2. The van der Waals surface area contributed by atoms with E-state index in [0.717, 1.165) is 10.0 Å². The van der Waals surface area contributed by atoms with Crippen LogP contribution in [-0.2, 0) is 6.42 Å². The number of aryl methyl sites for hydroxylation is 1. The summed E-state index contributed by atoms with van der Waals surface area (Å²) in [5.41, 5.74) is 5.58. The largest absolute Gasteiger partial charge is 0.271 e. The van der Waals surface area contributed by atoms with E-state index in [1.54, 1.807) is 6.07 Å². The molecule has 1 atom stereocenters. The van der Waals surface area contributed by atoms with Gasteiger partial charge < -0.3 is 0 Å². The smallest absolute Gasteiger partial charge is 0.129 e. The maximum Gasteiger partial charge on any atom is 0.129 e.